The molecule has 0 aromatic carbocycles. The van der Waals surface area contributed by atoms with Gasteiger partial charge in [0, 0.05) is 30.8 Å². The summed E-state index contributed by atoms with van der Waals surface area (Å²) in [5.74, 6) is 1.82. The van der Waals surface area contributed by atoms with Crippen molar-refractivity contribution in [3.8, 4) is 11.4 Å². The standard InChI is InChI=1S/C16H15N9O2S2/c1-9-21-24-16(29-9)19-12(26)4-5-13-18-11(25-27-13)8-28-15-20-14(22-23-15)10-3-2-6-17-7-10/h2-3,6-7H,4-5,8H2,1H3,(H,19,24,26)(H,20,22,23). The molecule has 0 bridgehead atoms. The van der Waals surface area contributed by atoms with E-state index >= 15 is 0 Å². The minimum atomic E-state index is -0.182. The van der Waals surface area contributed by atoms with Gasteiger partial charge in [-0.1, -0.05) is 28.3 Å². The topological polar surface area (TPSA) is 148 Å². The summed E-state index contributed by atoms with van der Waals surface area (Å²) in [5, 5.41) is 23.2. The maximum atomic E-state index is 11.9. The Bertz CT molecular complexity index is 1090. The van der Waals surface area contributed by atoms with Gasteiger partial charge in [-0.15, -0.1) is 15.3 Å². The number of aromatic amines is 1. The summed E-state index contributed by atoms with van der Waals surface area (Å²) in [6.07, 6.45) is 3.96. The Kier molecular flexibility index (Phi) is 5.86. The van der Waals surface area contributed by atoms with Gasteiger partial charge < -0.3 is 9.84 Å². The third-order valence-electron chi connectivity index (χ3n) is 3.58. The van der Waals surface area contributed by atoms with Crippen LogP contribution in [0.4, 0.5) is 5.13 Å². The largest absolute Gasteiger partial charge is 0.339 e. The van der Waals surface area contributed by atoms with Gasteiger partial charge in [0.1, 0.15) is 5.01 Å². The summed E-state index contributed by atoms with van der Waals surface area (Å²) in [6, 6.07) is 3.73. The Morgan fingerprint density at radius 3 is 3.07 bits per heavy atom. The number of aromatic nitrogens is 8. The number of hydrogen-bond donors (Lipinski definition) is 2. The molecule has 4 heterocycles. The average molecular weight is 429 g/mol. The van der Waals surface area contributed by atoms with E-state index in [-0.39, 0.29) is 12.3 Å². The molecule has 0 spiro atoms. The normalized spacial score (nSPS) is 10.9. The fourth-order valence-electron chi connectivity index (χ4n) is 2.27. The van der Waals surface area contributed by atoms with Crippen molar-refractivity contribution in [3.63, 3.8) is 0 Å². The fourth-order valence-corrected chi connectivity index (χ4v) is 3.52. The van der Waals surface area contributed by atoms with E-state index in [1.807, 2.05) is 19.1 Å². The second kappa shape index (κ2) is 8.87. The number of nitrogens with one attached hydrogen (secondary N) is 2. The number of H-pyrrole nitrogens is 1. The maximum Gasteiger partial charge on any atom is 0.227 e. The fraction of sp³-hybridized carbons (Fsp3) is 0.250. The molecule has 4 rings (SSSR count). The van der Waals surface area contributed by atoms with Crippen LogP contribution in [0.3, 0.4) is 0 Å². The molecule has 29 heavy (non-hydrogen) atoms. The second-order valence-electron chi connectivity index (χ2n) is 5.78. The number of hydrogen-bond acceptors (Lipinski definition) is 11. The van der Waals surface area contributed by atoms with Crippen molar-refractivity contribution >= 4 is 34.1 Å². The summed E-state index contributed by atoms with van der Waals surface area (Å²) in [6.45, 7) is 1.82. The van der Waals surface area contributed by atoms with E-state index in [9.17, 15) is 4.79 Å². The SMILES string of the molecule is Cc1nnc(NC(=O)CCc2nc(CSc3n[nH]c(-c4cccnc4)n3)no2)s1. The monoisotopic (exact) mass is 429 g/mol. The minimum Gasteiger partial charge on any atom is -0.339 e. The molecule has 0 saturated heterocycles. The molecule has 1 amide bonds. The number of thioether (sulfide) groups is 1. The van der Waals surface area contributed by atoms with Gasteiger partial charge in [0.2, 0.25) is 22.1 Å². The average Bonchev–Trinajstić information content (AvgIpc) is 3.47. The first-order valence-electron chi connectivity index (χ1n) is 8.53. The predicted octanol–water partition coefficient (Wildman–Crippen LogP) is 2.27. The van der Waals surface area contributed by atoms with Crippen LogP contribution in [0.2, 0.25) is 0 Å². The summed E-state index contributed by atoms with van der Waals surface area (Å²) < 4.78 is 5.20. The lowest BCUT2D eigenvalue weighted by Crippen LogP contribution is -2.12. The highest BCUT2D eigenvalue weighted by Gasteiger charge is 2.13. The first-order chi connectivity index (χ1) is 14.2. The smallest absolute Gasteiger partial charge is 0.227 e. The zero-order valence-corrected chi connectivity index (χ0v) is 16.8. The Morgan fingerprint density at radius 1 is 1.34 bits per heavy atom. The van der Waals surface area contributed by atoms with Crippen LogP contribution in [0.5, 0.6) is 0 Å². The summed E-state index contributed by atoms with van der Waals surface area (Å²) in [7, 11) is 0. The molecule has 148 valence electrons. The summed E-state index contributed by atoms with van der Waals surface area (Å²) in [4.78, 5) is 24.7. The van der Waals surface area contributed by atoms with Crippen LogP contribution in [0, 0.1) is 6.92 Å². The second-order valence-corrected chi connectivity index (χ2v) is 7.90. The lowest BCUT2D eigenvalue weighted by molar-refractivity contribution is -0.116. The van der Waals surface area contributed by atoms with Crippen LogP contribution in [0.25, 0.3) is 11.4 Å². The number of aryl methyl sites for hydroxylation is 2. The predicted molar refractivity (Wildman–Crippen MR) is 105 cm³/mol. The summed E-state index contributed by atoms with van der Waals surface area (Å²) in [5.41, 5.74) is 0.857. The molecule has 13 heteroatoms. The zero-order valence-electron chi connectivity index (χ0n) is 15.2. The van der Waals surface area contributed by atoms with Gasteiger partial charge in [0.05, 0.1) is 5.75 Å². The Labute approximate surface area is 172 Å². The van der Waals surface area contributed by atoms with Gasteiger partial charge in [-0.2, -0.15) is 4.98 Å². The molecule has 4 aromatic heterocycles. The lowest BCUT2D eigenvalue weighted by atomic mass is 10.3. The lowest BCUT2D eigenvalue weighted by Gasteiger charge is -1.97. The maximum absolute atomic E-state index is 11.9. The van der Waals surface area contributed by atoms with Crippen LogP contribution < -0.4 is 5.32 Å². The minimum absolute atomic E-state index is 0.182. The van der Waals surface area contributed by atoms with E-state index in [2.05, 4.69) is 45.8 Å². The third kappa shape index (κ3) is 5.20. The highest BCUT2D eigenvalue weighted by molar-refractivity contribution is 7.98. The third-order valence-corrected chi connectivity index (χ3v) is 5.18. The number of nitrogens with zero attached hydrogens (tertiary/aromatic N) is 7. The summed E-state index contributed by atoms with van der Waals surface area (Å²) >= 11 is 2.70. The van der Waals surface area contributed by atoms with Crippen molar-refractivity contribution < 1.29 is 9.32 Å². The van der Waals surface area contributed by atoms with Crippen molar-refractivity contribution in [2.75, 3.05) is 5.32 Å². The molecular weight excluding hydrogens is 414 g/mol. The number of rotatable bonds is 8. The van der Waals surface area contributed by atoms with E-state index in [4.69, 9.17) is 4.52 Å². The molecule has 11 nitrogen and oxygen atoms in total. The number of pyridine rings is 1. The van der Waals surface area contributed by atoms with Crippen LogP contribution in [-0.4, -0.2) is 46.4 Å². The molecule has 0 fully saturated rings. The Morgan fingerprint density at radius 2 is 2.28 bits per heavy atom. The molecule has 4 aromatic rings. The van der Waals surface area contributed by atoms with Gasteiger partial charge in [-0.05, 0) is 19.1 Å². The molecule has 0 aliphatic rings. The molecule has 0 radical (unpaired) electrons. The van der Waals surface area contributed by atoms with Gasteiger partial charge in [-0.3, -0.25) is 14.9 Å². The van der Waals surface area contributed by atoms with E-state index in [0.29, 0.717) is 40.0 Å². The van der Waals surface area contributed by atoms with Crippen molar-refractivity contribution in [2.45, 2.75) is 30.7 Å². The molecular formula is C16H15N9O2S2. The number of anilines is 1. The van der Waals surface area contributed by atoms with Gasteiger partial charge in [-0.25, -0.2) is 4.98 Å². The van der Waals surface area contributed by atoms with E-state index in [1.165, 1.54) is 23.1 Å². The number of carbonyl (C=O) groups is 1. The quantitative estimate of drug-likeness (QED) is 0.399. The highest BCUT2D eigenvalue weighted by Crippen LogP contribution is 2.21. The van der Waals surface area contributed by atoms with E-state index in [1.54, 1.807) is 12.4 Å². The van der Waals surface area contributed by atoms with Crippen molar-refractivity contribution in [1.29, 1.82) is 0 Å². The van der Waals surface area contributed by atoms with Crippen LogP contribution in [0.15, 0.2) is 34.2 Å². The molecule has 0 aliphatic heterocycles. The number of carbonyl (C=O) groups excluding carboxylic acids is 1. The Balaban J connectivity index is 1.25. The van der Waals surface area contributed by atoms with Crippen molar-refractivity contribution in [2.24, 2.45) is 0 Å². The molecule has 0 atom stereocenters. The Hall–Kier alpha value is -3.19. The van der Waals surface area contributed by atoms with Crippen LogP contribution >= 0.6 is 23.1 Å². The van der Waals surface area contributed by atoms with Gasteiger partial charge >= 0.3 is 0 Å². The molecule has 2 N–H and O–H groups in total. The highest BCUT2D eigenvalue weighted by atomic mass is 32.2. The van der Waals surface area contributed by atoms with Crippen LogP contribution in [0.1, 0.15) is 23.1 Å². The molecule has 0 aliphatic carbocycles. The number of amides is 1. The molecule has 0 unspecified atom stereocenters. The van der Waals surface area contributed by atoms with Gasteiger partial charge in [0.15, 0.2) is 11.6 Å². The first-order valence-corrected chi connectivity index (χ1v) is 10.3. The van der Waals surface area contributed by atoms with E-state index in [0.717, 1.165) is 10.6 Å². The molecule has 0 saturated carbocycles. The van der Waals surface area contributed by atoms with Gasteiger partial charge in [0.25, 0.3) is 0 Å². The van der Waals surface area contributed by atoms with E-state index < -0.39 is 0 Å². The van der Waals surface area contributed by atoms with Crippen LogP contribution in [-0.2, 0) is 17.0 Å². The van der Waals surface area contributed by atoms with Crippen molar-refractivity contribution in [1.82, 2.24) is 40.5 Å². The first kappa shape index (κ1) is 19.1. The van der Waals surface area contributed by atoms with Crippen molar-refractivity contribution in [3.05, 3.63) is 41.2 Å². The zero-order chi connectivity index (χ0) is 20.1.